The minimum Gasteiger partial charge on any atom is -0.393 e. The van der Waals surface area contributed by atoms with Crippen molar-refractivity contribution in [2.24, 2.45) is 11.8 Å². The van der Waals surface area contributed by atoms with Gasteiger partial charge in [0.15, 0.2) is 0 Å². The number of benzene rings is 1. The fourth-order valence-corrected chi connectivity index (χ4v) is 3.76. The van der Waals surface area contributed by atoms with E-state index in [1.54, 1.807) is 12.2 Å². The Bertz CT molecular complexity index is 775. The van der Waals surface area contributed by atoms with Gasteiger partial charge in [0.25, 0.3) is 0 Å². The van der Waals surface area contributed by atoms with Gasteiger partial charge in [-0.2, -0.15) is 13.2 Å². The molecule has 8 heteroatoms. The summed E-state index contributed by atoms with van der Waals surface area (Å²) in [5.74, 6) is -2.98. The van der Waals surface area contributed by atoms with Crippen LogP contribution in [0.25, 0.3) is 0 Å². The van der Waals surface area contributed by atoms with Crippen LogP contribution < -0.4 is 4.90 Å². The van der Waals surface area contributed by atoms with Crippen molar-refractivity contribution in [3.63, 3.8) is 0 Å². The third-order valence-corrected chi connectivity index (χ3v) is 4.83. The predicted molar refractivity (Wildman–Crippen MR) is 74.7 cm³/mol. The summed E-state index contributed by atoms with van der Waals surface area (Å²) in [6.45, 7) is -0.476. The Labute approximate surface area is 134 Å². The molecule has 126 valence electrons. The number of alkyl halides is 3. The lowest BCUT2D eigenvalue weighted by molar-refractivity contribution is -0.138. The lowest BCUT2D eigenvalue weighted by atomic mass is 9.77. The molecule has 4 atom stereocenters. The third kappa shape index (κ3) is 1.83. The van der Waals surface area contributed by atoms with E-state index in [9.17, 15) is 27.9 Å². The summed E-state index contributed by atoms with van der Waals surface area (Å²) in [4.78, 5) is 26.1. The number of carbonyl (C=O) groups is 2. The maximum Gasteiger partial charge on any atom is 0.416 e. The maximum absolute atomic E-state index is 12.9. The molecule has 0 radical (unpaired) electrons. The summed E-state index contributed by atoms with van der Waals surface area (Å²) in [5.41, 5.74) is -2.33. The van der Waals surface area contributed by atoms with Crippen molar-refractivity contribution in [3.05, 3.63) is 42.0 Å². The molecule has 5 nitrogen and oxygen atoms in total. The second-order valence-corrected chi connectivity index (χ2v) is 6.12. The van der Waals surface area contributed by atoms with Gasteiger partial charge < -0.3 is 9.84 Å². The molecule has 0 aliphatic carbocycles. The van der Waals surface area contributed by atoms with Crippen LogP contribution in [-0.2, 0) is 20.5 Å². The number of fused-ring (bicyclic) bond motifs is 5. The van der Waals surface area contributed by atoms with Gasteiger partial charge in [0.05, 0.1) is 35.8 Å². The fourth-order valence-electron chi connectivity index (χ4n) is 3.76. The normalized spacial score (nSPS) is 34.3. The van der Waals surface area contributed by atoms with Crippen LogP contribution >= 0.6 is 0 Å². The van der Waals surface area contributed by atoms with Gasteiger partial charge in [-0.3, -0.25) is 9.59 Å². The molecule has 0 aromatic heterocycles. The molecule has 0 unspecified atom stereocenters. The molecule has 2 fully saturated rings. The van der Waals surface area contributed by atoms with Gasteiger partial charge in [-0.05, 0) is 18.2 Å². The van der Waals surface area contributed by atoms with Crippen molar-refractivity contribution in [1.82, 2.24) is 0 Å². The number of nitrogens with zero attached hydrogens (tertiary/aromatic N) is 1. The van der Waals surface area contributed by atoms with Crippen molar-refractivity contribution in [2.45, 2.75) is 17.9 Å². The number of imide groups is 1. The summed E-state index contributed by atoms with van der Waals surface area (Å²) in [6, 6.07) is 4.09. The molecule has 24 heavy (non-hydrogen) atoms. The second kappa shape index (κ2) is 4.67. The first-order valence-electron chi connectivity index (χ1n) is 7.32. The molecule has 3 heterocycles. The topological polar surface area (TPSA) is 66.8 Å². The highest BCUT2D eigenvalue weighted by Crippen LogP contribution is 2.52. The van der Waals surface area contributed by atoms with E-state index in [0.29, 0.717) is 0 Å². The Morgan fingerprint density at radius 2 is 2.00 bits per heavy atom. The predicted octanol–water partition coefficient (Wildman–Crippen LogP) is 1.51. The molecule has 0 saturated carbocycles. The summed E-state index contributed by atoms with van der Waals surface area (Å²) < 4.78 is 44.2. The van der Waals surface area contributed by atoms with Gasteiger partial charge in [-0.25, -0.2) is 4.90 Å². The number of ether oxygens (including phenoxy) is 1. The van der Waals surface area contributed by atoms with E-state index in [2.05, 4.69) is 0 Å². The number of halogens is 3. The molecule has 3 aliphatic rings. The lowest BCUT2D eigenvalue weighted by Gasteiger charge is -2.26. The number of hydrogen-bond donors (Lipinski definition) is 1. The van der Waals surface area contributed by atoms with Gasteiger partial charge in [0.1, 0.15) is 5.60 Å². The Kier molecular flexibility index (Phi) is 2.99. The monoisotopic (exact) mass is 339 g/mol. The zero-order valence-corrected chi connectivity index (χ0v) is 12.2. The molecular formula is C16H12F3NO4. The molecular weight excluding hydrogens is 327 g/mol. The molecule has 3 aliphatic heterocycles. The zero-order chi connectivity index (χ0) is 17.3. The quantitative estimate of drug-likeness (QED) is 0.655. The average Bonchev–Trinajstić information content (AvgIpc) is 3.18. The number of aliphatic hydroxyl groups is 1. The first-order chi connectivity index (χ1) is 11.3. The summed E-state index contributed by atoms with van der Waals surface area (Å²) in [6.07, 6.45) is -2.06. The van der Waals surface area contributed by atoms with E-state index in [4.69, 9.17) is 4.74 Å². The van der Waals surface area contributed by atoms with Crippen LogP contribution in [0.4, 0.5) is 18.9 Å². The zero-order valence-electron chi connectivity index (χ0n) is 12.2. The van der Waals surface area contributed by atoms with Gasteiger partial charge in [0, 0.05) is 0 Å². The number of hydrogen-bond acceptors (Lipinski definition) is 4. The van der Waals surface area contributed by atoms with Gasteiger partial charge in [-0.15, -0.1) is 0 Å². The van der Waals surface area contributed by atoms with Crippen molar-refractivity contribution < 1.29 is 32.6 Å². The van der Waals surface area contributed by atoms with Gasteiger partial charge >= 0.3 is 6.18 Å². The van der Waals surface area contributed by atoms with Crippen molar-refractivity contribution in [1.29, 1.82) is 0 Å². The minimum absolute atomic E-state index is 0.123. The lowest BCUT2D eigenvalue weighted by Crippen LogP contribution is -2.43. The van der Waals surface area contributed by atoms with Gasteiger partial charge in [0.2, 0.25) is 11.8 Å². The summed E-state index contributed by atoms with van der Waals surface area (Å²) in [5, 5.41) is 9.59. The van der Waals surface area contributed by atoms with Crippen molar-refractivity contribution in [2.75, 3.05) is 11.5 Å². The van der Waals surface area contributed by atoms with E-state index >= 15 is 0 Å². The highest BCUT2D eigenvalue weighted by Gasteiger charge is 2.67. The largest absolute Gasteiger partial charge is 0.416 e. The number of aliphatic hydroxyl groups excluding tert-OH is 1. The average molecular weight is 339 g/mol. The smallest absolute Gasteiger partial charge is 0.393 e. The summed E-state index contributed by atoms with van der Waals surface area (Å²) in [7, 11) is 0. The maximum atomic E-state index is 12.9. The second-order valence-electron chi connectivity index (χ2n) is 6.12. The minimum atomic E-state index is -4.58. The summed E-state index contributed by atoms with van der Waals surface area (Å²) >= 11 is 0. The molecule has 4 rings (SSSR count). The molecule has 1 N–H and O–H groups in total. The van der Waals surface area contributed by atoms with Crippen molar-refractivity contribution in [3.8, 4) is 0 Å². The van der Waals surface area contributed by atoms with Gasteiger partial charge in [-0.1, -0.05) is 18.2 Å². The highest BCUT2D eigenvalue weighted by atomic mass is 19.4. The number of rotatable bonds is 2. The molecule has 0 spiro atoms. The number of carbonyl (C=O) groups excluding carboxylic acids is 2. The Balaban J connectivity index is 1.75. The molecule has 2 bridgehead atoms. The van der Waals surface area contributed by atoms with E-state index in [1.807, 2.05) is 0 Å². The van der Waals surface area contributed by atoms with Crippen LogP contribution in [0, 0.1) is 11.8 Å². The fraction of sp³-hybridized carbons (Fsp3) is 0.375. The van der Waals surface area contributed by atoms with Crippen molar-refractivity contribution >= 4 is 17.5 Å². The molecule has 1 aromatic carbocycles. The Morgan fingerprint density at radius 1 is 1.25 bits per heavy atom. The first-order valence-corrected chi connectivity index (χ1v) is 7.32. The van der Waals surface area contributed by atoms with E-state index in [0.717, 1.165) is 23.1 Å². The van der Waals surface area contributed by atoms with Crippen LogP contribution in [0.3, 0.4) is 0 Å². The standard InChI is InChI=1S/C16H12F3NO4/c17-16(18,19)8-2-1-3-9(6-8)20-13(22)11-10-4-5-15(7-21,24-10)12(11)14(20)23/h1-6,10-12,21H,7H2/t10-,11+,12-,15+/m1/s1. The van der Waals surface area contributed by atoms with Crippen LogP contribution in [0.2, 0.25) is 0 Å². The Morgan fingerprint density at radius 3 is 2.67 bits per heavy atom. The van der Waals surface area contributed by atoms with E-state index < -0.39 is 53.7 Å². The molecule has 2 saturated heterocycles. The van der Waals surface area contributed by atoms with Crippen LogP contribution in [0.5, 0.6) is 0 Å². The van der Waals surface area contributed by atoms with Crippen LogP contribution in [0.1, 0.15) is 5.56 Å². The Hall–Kier alpha value is -2.19. The number of amides is 2. The first kappa shape index (κ1) is 15.3. The molecule has 2 amide bonds. The van der Waals surface area contributed by atoms with E-state index in [1.165, 1.54) is 6.07 Å². The van der Waals surface area contributed by atoms with Crippen LogP contribution in [0.15, 0.2) is 36.4 Å². The third-order valence-electron chi connectivity index (χ3n) is 4.83. The number of anilines is 1. The van der Waals surface area contributed by atoms with E-state index in [-0.39, 0.29) is 5.69 Å². The van der Waals surface area contributed by atoms with Crippen LogP contribution in [-0.4, -0.2) is 35.2 Å². The molecule has 1 aromatic rings. The highest BCUT2D eigenvalue weighted by molar-refractivity contribution is 6.23. The SMILES string of the molecule is O=C1[C@H]2[C@H]3C=C[C@@](CO)(O3)[C@H]2C(=O)N1c1cccc(C(F)(F)F)c1.